The molecule has 0 heterocycles. The fourth-order valence-electron chi connectivity index (χ4n) is 0.714. The van der Waals surface area contributed by atoms with Crippen LogP contribution in [0.5, 0.6) is 0 Å². The van der Waals surface area contributed by atoms with Gasteiger partial charge in [0.1, 0.15) is 11.6 Å². The lowest BCUT2D eigenvalue weighted by Gasteiger charge is -2.04. The van der Waals surface area contributed by atoms with Gasteiger partial charge in [0.05, 0.1) is 12.8 Å². The first-order valence-corrected chi connectivity index (χ1v) is 3.95. The summed E-state index contributed by atoms with van der Waals surface area (Å²) in [4.78, 5) is 21.4. The lowest BCUT2D eigenvalue weighted by molar-refractivity contribution is -0.144. The molecule has 0 N–H and O–H groups in total. The third-order valence-electron chi connectivity index (χ3n) is 1.48. The predicted octanol–water partition coefficient (Wildman–Crippen LogP) is 2.27. The first kappa shape index (κ1) is 12.1. The largest absolute Gasteiger partial charge is 0.389 e. The van der Waals surface area contributed by atoms with E-state index in [0.29, 0.717) is 0 Å². The highest BCUT2D eigenvalue weighted by Crippen LogP contribution is 2.21. The molecular weight excluding hydrogens is 185 g/mol. The van der Waals surface area contributed by atoms with Gasteiger partial charge in [-0.15, -0.1) is 0 Å². The molecule has 0 spiro atoms. The average molecular weight is 196 g/mol. The Morgan fingerprint density at radius 2 is 1.69 bits per heavy atom. The summed E-state index contributed by atoms with van der Waals surface area (Å²) in [5.41, 5.74) is 0. The predicted molar refractivity (Wildman–Crippen MR) is 40.2 cm³/mol. The van der Waals surface area contributed by atoms with Gasteiger partial charge >= 0.3 is 6.18 Å². The van der Waals surface area contributed by atoms with Gasteiger partial charge in [0.15, 0.2) is 0 Å². The Kier molecular flexibility index (Phi) is 4.66. The highest BCUT2D eigenvalue weighted by Gasteiger charge is 2.27. The van der Waals surface area contributed by atoms with Gasteiger partial charge in [-0.2, -0.15) is 13.2 Å². The number of hydrogen-bond donors (Lipinski definition) is 0. The van der Waals surface area contributed by atoms with E-state index in [1.165, 1.54) is 0 Å². The molecule has 0 aromatic carbocycles. The summed E-state index contributed by atoms with van der Waals surface area (Å²) in [6.07, 6.45) is -6.21. The van der Waals surface area contributed by atoms with Gasteiger partial charge in [0.25, 0.3) is 0 Å². The lowest BCUT2D eigenvalue weighted by Crippen LogP contribution is -2.13. The van der Waals surface area contributed by atoms with Crippen LogP contribution in [0.15, 0.2) is 0 Å². The number of ketones is 2. The third-order valence-corrected chi connectivity index (χ3v) is 1.48. The lowest BCUT2D eigenvalue weighted by atomic mass is 10.1. The Morgan fingerprint density at radius 3 is 2.08 bits per heavy atom. The number of alkyl halides is 3. The van der Waals surface area contributed by atoms with Crippen molar-refractivity contribution in [2.75, 3.05) is 0 Å². The summed E-state index contributed by atoms with van der Waals surface area (Å²) >= 11 is 0. The monoisotopic (exact) mass is 196 g/mol. The van der Waals surface area contributed by atoms with Crippen LogP contribution < -0.4 is 0 Å². The van der Waals surface area contributed by atoms with E-state index >= 15 is 0 Å². The van der Waals surface area contributed by atoms with Crippen LogP contribution in [0.1, 0.15) is 32.6 Å². The summed E-state index contributed by atoms with van der Waals surface area (Å²) in [6.45, 7) is 1.57. The average Bonchev–Trinajstić information content (AvgIpc) is 1.99. The highest BCUT2D eigenvalue weighted by atomic mass is 19.4. The van der Waals surface area contributed by atoms with Gasteiger partial charge in [-0.05, 0) is 0 Å². The number of carbonyl (C=O) groups excluding carboxylic acids is 2. The Balaban J connectivity index is 3.70. The molecule has 0 aromatic heterocycles. The van der Waals surface area contributed by atoms with E-state index in [9.17, 15) is 22.8 Å². The van der Waals surface area contributed by atoms with E-state index in [-0.39, 0.29) is 18.6 Å². The van der Waals surface area contributed by atoms with E-state index < -0.39 is 24.8 Å². The molecule has 13 heavy (non-hydrogen) atoms. The number of hydrogen-bond acceptors (Lipinski definition) is 2. The van der Waals surface area contributed by atoms with Crippen molar-refractivity contribution in [1.82, 2.24) is 0 Å². The molecule has 0 atom stereocenters. The molecule has 0 unspecified atom stereocenters. The van der Waals surface area contributed by atoms with Gasteiger partial charge in [-0.3, -0.25) is 9.59 Å². The fourth-order valence-corrected chi connectivity index (χ4v) is 0.714. The molecule has 0 aliphatic rings. The molecule has 0 radical (unpaired) electrons. The van der Waals surface area contributed by atoms with Gasteiger partial charge < -0.3 is 0 Å². The Morgan fingerprint density at radius 1 is 1.15 bits per heavy atom. The first-order valence-electron chi connectivity index (χ1n) is 3.95. The molecule has 0 amide bonds. The maximum absolute atomic E-state index is 11.6. The molecule has 0 fully saturated rings. The topological polar surface area (TPSA) is 34.1 Å². The Hall–Kier alpha value is -0.870. The molecule has 5 heteroatoms. The van der Waals surface area contributed by atoms with Crippen molar-refractivity contribution < 1.29 is 22.8 Å². The first-order chi connectivity index (χ1) is 5.85. The van der Waals surface area contributed by atoms with Crippen molar-refractivity contribution >= 4 is 11.6 Å². The molecule has 0 aliphatic carbocycles. The summed E-state index contributed by atoms with van der Waals surface area (Å²) in [7, 11) is 0. The van der Waals surface area contributed by atoms with E-state index in [4.69, 9.17) is 0 Å². The van der Waals surface area contributed by atoms with Gasteiger partial charge in [0.2, 0.25) is 0 Å². The van der Waals surface area contributed by atoms with Crippen LogP contribution in [0, 0.1) is 0 Å². The number of rotatable bonds is 5. The molecule has 0 aromatic rings. The Labute approximate surface area is 74.1 Å². The minimum Gasteiger partial charge on any atom is -0.299 e. The second-order valence-electron chi connectivity index (χ2n) is 2.72. The van der Waals surface area contributed by atoms with Crippen LogP contribution in [-0.2, 0) is 9.59 Å². The molecule has 76 valence electrons. The van der Waals surface area contributed by atoms with E-state index in [1.54, 1.807) is 6.92 Å². The zero-order chi connectivity index (χ0) is 10.5. The van der Waals surface area contributed by atoms with E-state index in [1.807, 2.05) is 0 Å². The molecule has 0 rings (SSSR count). The summed E-state index contributed by atoms with van der Waals surface area (Å²) in [5, 5.41) is 0. The van der Waals surface area contributed by atoms with Crippen molar-refractivity contribution in [3.8, 4) is 0 Å². The third kappa shape index (κ3) is 7.49. The minimum absolute atomic E-state index is 0.192. The molecule has 0 saturated carbocycles. The molecule has 0 saturated heterocycles. The van der Waals surface area contributed by atoms with Crippen molar-refractivity contribution in [2.24, 2.45) is 0 Å². The highest BCUT2D eigenvalue weighted by molar-refractivity contribution is 5.98. The molecule has 0 aliphatic heterocycles. The minimum atomic E-state index is -4.31. The smallest absolute Gasteiger partial charge is 0.299 e. The number of Topliss-reactive ketones (excluding diaryl/α,β-unsaturated/α-hetero) is 2. The van der Waals surface area contributed by atoms with Crippen molar-refractivity contribution in [2.45, 2.75) is 38.8 Å². The van der Waals surface area contributed by atoms with Crippen LogP contribution >= 0.6 is 0 Å². The molecular formula is C8H11F3O2. The maximum atomic E-state index is 11.6. The SMILES string of the molecule is CCC(=O)CC(=O)CCC(F)(F)F. The van der Waals surface area contributed by atoms with Gasteiger partial charge in [0, 0.05) is 12.8 Å². The molecule has 0 bridgehead atoms. The van der Waals surface area contributed by atoms with Crippen LogP contribution in [-0.4, -0.2) is 17.7 Å². The van der Waals surface area contributed by atoms with Crippen LogP contribution in [0.25, 0.3) is 0 Å². The van der Waals surface area contributed by atoms with E-state index in [2.05, 4.69) is 0 Å². The van der Waals surface area contributed by atoms with Crippen molar-refractivity contribution in [3.05, 3.63) is 0 Å². The normalized spacial score (nSPS) is 11.4. The van der Waals surface area contributed by atoms with Gasteiger partial charge in [-0.1, -0.05) is 6.92 Å². The maximum Gasteiger partial charge on any atom is 0.389 e. The van der Waals surface area contributed by atoms with Crippen LogP contribution in [0.3, 0.4) is 0 Å². The van der Waals surface area contributed by atoms with Crippen molar-refractivity contribution in [1.29, 1.82) is 0 Å². The van der Waals surface area contributed by atoms with Crippen LogP contribution in [0.2, 0.25) is 0 Å². The zero-order valence-corrected chi connectivity index (χ0v) is 7.28. The second-order valence-corrected chi connectivity index (χ2v) is 2.72. The van der Waals surface area contributed by atoms with Crippen LogP contribution in [0.4, 0.5) is 13.2 Å². The zero-order valence-electron chi connectivity index (χ0n) is 7.28. The summed E-state index contributed by atoms with van der Waals surface area (Å²) in [6, 6.07) is 0. The summed E-state index contributed by atoms with van der Waals surface area (Å²) < 4.78 is 34.8. The molecule has 2 nitrogen and oxygen atoms in total. The number of carbonyl (C=O) groups is 2. The standard InChI is InChI=1S/C8H11F3O2/c1-2-6(12)5-7(13)3-4-8(9,10)11/h2-5H2,1H3. The van der Waals surface area contributed by atoms with Crippen molar-refractivity contribution in [3.63, 3.8) is 0 Å². The number of halogens is 3. The summed E-state index contributed by atoms with van der Waals surface area (Å²) in [5.74, 6) is -0.948. The Bertz CT molecular complexity index is 196. The quantitative estimate of drug-likeness (QED) is 0.632. The second kappa shape index (κ2) is 4.99. The fraction of sp³-hybridized carbons (Fsp3) is 0.750. The van der Waals surface area contributed by atoms with Gasteiger partial charge in [-0.25, -0.2) is 0 Å². The van der Waals surface area contributed by atoms with E-state index in [0.717, 1.165) is 0 Å².